The Balaban J connectivity index is 0.00000155. The van der Waals surface area contributed by atoms with E-state index < -0.39 is 0 Å². The summed E-state index contributed by atoms with van der Waals surface area (Å²) in [4.78, 5) is 16.0. The summed E-state index contributed by atoms with van der Waals surface area (Å²) in [5, 5.41) is 0. The molecule has 2 rings (SSSR count). The Hall–Kier alpha value is -1.35. The van der Waals surface area contributed by atoms with Crippen molar-refractivity contribution in [2.45, 2.75) is 60.4 Å². The third-order valence-electron chi connectivity index (χ3n) is 4.56. The van der Waals surface area contributed by atoms with E-state index in [-0.39, 0.29) is 7.43 Å². The number of hydrogen-bond acceptors (Lipinski definition) is 3. The Kier molecular flexibility index (Phi) is 9.82. The number of nitrogens with zero attached hydrogens (tertiary/aromatic N) is 2. The molecule has 0 radical (unpaired) electrons. The number of aldehydes is 1. The molecule has 1 aliphatic heterocycles. The molecule has 1 unspecified atom stereocenters. The smallest absolute Gasteiger partial charge is 0.152 e. The Morgan fingerprint density at radius 1 is 1.35 bits per heavy atom. The van der Waals surface area contributed by atoms with E-state index in [1.807, 2.05) is 19.9 Å². The van der Waals surface area contributed by atoms with Gasteiger partial charge in [0.2, 0.25) is 0 Å². The summed E-state index contributed by atoms with van der Waals surface area (Å²) in [5.41, 5.74) is 4.42. The molecule has 0 aliphatic carbocycles. The van der Waals surface area contributed by atoms with E-state index in [1.165, 1.54) is 30.5 Å². The van der Waals surface area contributed by atoms with E-state index in [0.29, 0.717) is 6.04 Å². The van der Waals surface area contributed by atoms with Crippen molar-refractivity contribution < 1.29 is 4.79 Å². The van der Waals surface area contributed by atoms with Crippen molar-refractivity contribution in [2.24, 2.45) is 0 Å². The Labute approximate surface area is 143 Å². The summed E-state index contributed by atoms with van der Waals surface area (Å²) < 4.78 is 0. The van der Waals surface area contributed by atoms with Gasteiger partial charge in [0, 0.05) is 30.9 Å². The molecule has 1 aliphatic rings. The van der Waals surface area contributed by atoms with Crippen LogP contribution in [0.15, 0.2) is 12.1 Å². The molecular formula is C20H36N2O. The van der Waals surface area contributed by atoms with Gasteiger partial charge in [0.15, 0.2) is 6.29 Å². The lowest BCUT2D eigenvalue weighted by Gasteiger charge is -2.28. The first-order valence-electron chi connectivity index (χ1n) is 8.56. The highest BCUT2D eigenvalue weighted by Crippen LogP contribution is 2.25. The average Bonchev–Trinajstić information content (AvgIpc) is 2.94. The van der Waals surface area contributed by atoms with E-state index in [4.69, 9.17) is 0 Å². The van der Waals surface area contributed by atoms with E-state index >= 15 is 0 Å². The van der Waals surface area contributed by atoms with Crippen molar-refractivity contribution >= 4 is 12.0 Å². The normalized spacial score (nSPS) is 17.0. The van der Waals surface area contributed by atoms with E-state index in [0.717, 1.165) is 30.5 Å². The van der Waals surface area contributed by atoms with Gasteiger partial charge in [-0.3, -0.25) is 4.79 Å². The minimum Gasteiger partial charge on any atom is -0.372 e. The fourth-order valence-corrected chi connectivity index (χ4v) is 3.19. The summed E-state index contributed by atoms with van der Waals surface area (Å²) in [7, 11) is 4.29. The summed E-state index contributed by atoms with van der Waals surface area (Å²) in [6.07, 6.45) is 4.50. The van der Waals surface area contributed by atoms with Crippen LogP contribution < -0.4 is 4.90 Å². The third-order valence-corrected chi connectivity index (χ3v) is 4.56. The van der Waals surface area contributed by atoms with Gasteiger partial charge in [-0.1, -0.05) is 28.2 Å². The molecule has 0 spiro atoms. The molecule has 1 aromatic carbocycles. The quantitative estimate of drug-likeness (QED) is 0.743. The van der Waals surface area contributed by atoms with Crippen LogP contribution in [0, 0.1) is 6.92 Å². The molecule has 0 N–H and O–H groups in total. The van der Waals surface area contributed by atoms with Crippen LogP contribution in [0.4, 0.5) is 5.69 Å². The third kappa shape index (κ3) is 5.35. The first-order valence-corrected chi connectivity index (χ1v) is 8.56. The number of aryl methyl sites for hydroxylation is 2. The summed E-state index contributed by atoms with van der Waals surface area (Å²) >= 11 is 0. The molecule has 23 heavy (non-hydrogen) atoms. The molecule has 0 aromatic heterocycles. The first-order chi connectivity index (χ1) is 10.6. The van der Waals surface area contributed by atoms with Gasteiger partial charge in [0.1, 0.15) is 0 Å². The number of carbonyl (C=O) groups excluding carboxylic acids is 1. The lowest BCUT2D eigenvalue weighted by atomic mass is 10.0. The van der Waals surface area contributed by atoms with Crippen LogP contribution >= 0.6 is 0 Å². The maximum absolute atomic E-state index is 11.4. The van der Waals surface area contributed by atoms with Crippen LogP contribution in [0.25, 0.3) is 0 Å². The molecule has 1 heterocycles. The second kappa shape index (κ2) is 10.4. The van der Waals surface area contributed by atoms with Gasteiger partial charge in [-0.25, -0.2) is 0 Å². The number of anilines is 1. The highest BCUT2D eigenvalue weighted by molar-refractivity contribution is 5.85. The first kappa shape index (κ1) is 21.6. The molecule has 0 saturated carbocycles. The standard InChI is InChI=1S/C17H26N2O.C2H6.CH4/c1-5-14-10-15(12-20)17(9-13(14)2)19(4)11-16-7-6-8-18(16)3;1-2;/h9-10,12,16H,5-8,11H2,1-4H3;1-2H3;1H4. The molecular weight excluding hydrogens is 284 g/mol. The maximum Gasteiger partial charge on any atom is 0.152 e. The van der Waals surface area contributed by atoms with E-state index in [9.17, 15) is 4.79 Å². The molecule has 0 amide bonds. The number of carbonyl (C=O) groups is 1. The van der Waals surface area contributed by atoms with Crippen molar-refractivity contribution in [3.8, 4) is 0 Å². The molecule has 3 heteroatoms. The number of likely N-dealkylation sites (tertiary alicyclic amines) is 1. The van der Waals surface area contributed by atoms with Gasteiger partial charge < -0.3 is 9.80 Å². The molecule has 132 valence electrons. The molecule has 1 saturated heterocycles. The van der Waals surface area contributed by atoms with Gasteiger partial charge in [-0.2, -0.15) is 0 Å². The Morgan fingerprint density at radius 3 is 2.48 bits per heavy atom. The van der Waals surface area contributed by atoms with E-state index in [1.54, 1.807) is 0 Å². The molecule has 1 aromatic rings. The van der Waals surface area contributed by atoms with Crippen LogP contribution in [-0.2, 0) is 6.42 Å². The van der Waals surface area contributed by atoms with E-state index in [2.05, 4.69) is 43.8 Å². The van der Waals surface area contributed by atoms with Gasteiger partial charge in [0.25, 0.3) is 0 Å². The number of benzene rings is 1. The zero-order chi connectivity index (χ0) is 16.7. The van der Waals surface area contributed by atoms with Gasteiger partial charge in [-0.05, 0) is 63.0 Å². The average molecular weight is 321 g/mol. The second-order valence-corrected chi connectivity index (χ2v) is 5.97. The fraction of sp³-hybridized carbons (Fsp3) is 0.650. The topological polar surface area (TPSA) is 23.6 Å². The predicted molar refractivity (Wildman–Crippen MR) is 103 cm³/mol. The van der Waals surface area contributed by atoms with Crippen molar-refractivity contribution in [2.75, 3.05) is 32.1 Å². The minimum atomic E-state index is 0. The monoisotopic (exact) mass is 320 g/mol. The van der Waals surface area contributed by atoms with Crippen LogP contribution in [0.1, 0.15) is 62.5 Å². The van der Waals surface area contributed by atoms with Crippen LogP contribution in [-0.4, -0.2) is 44.4 Å². The SMILES string of the molecule is C.CC.CCc1cc(C=O)c(N(C)CC2CCCN2C)cc1C. The van der Waals surface area contributed by atoms with Crippen LogP contribution in [0.3, 0.4) is 0 Å². The highest BCUT2D eigenvalue weighted by Gasteiger charge is 2.23. The zero-order valence-electron chi connectivity index (χ0n) is 15.1. The zero-order valence-corrected chi connectivity index (χ0v) is 15.1. The van der Waals surface area contributed by atoms with Crippen molar-refractivity contribution in [3.63, 3.8) is 0 Å². The molecule has 1 fully saturated rings. The lowest BCUT2D eigenvalue weighted by molar-refractivity contribution is 0.112. The second-order valence-electron chi connectivity index (χ2n) is 5.97. The van der Waals surface area contributed by atoms with Crippen molar-refractivity contribution in [1.82, 2.24) is 4.90 Å². The summed E-state index contributed by atoms with van der Waals surface area (Å²) in [5.74, 6) is 0. The van der Waals surface area contributed by atoms with Gasteiger partial charge in [-0.15, -0.1) is 0 Å². The Bertz CT molecular complexity index is 485. The number of hydrogen-bond donors (Lipinski definition) is 0. The maximum atomic E-state index is 11.4. The number of rotatable bonds is 5. The number of likely N-dealkylation sites (N-methyl/N-ethyl adjacent to an activating group) is 2. The predicted octanol–water partition coefficient (Wildman–Crippen LogP) is 4.56. The van der Waals surface area contributed by atoms with Gasteiger partial charge in [0.05, 0.1) is 0 Å². The summed E-state index contributed by atoms with van der Waals surface area (Å²) in [6.45, 7) is 10.4. The van der Waals surface area contributed by atoms with Crippen LogP contribution in [0.2, 0.25) is 0 Å². The molecule has 3 nitrogen and oxygen atoms in total. The Morgan fingerprint density at radius 2 is 2.00 bits per heavy atom. The molecule has 0 bridgehead atoms. The highest BCUT2D eigenvalue weighted by atomic mass is 16.1. The minimum absolute atomic E-state index is 0. The van der Waals surface area contributed by atoms with Crippen molar-refractivity contribution in [1.29, 1.82) is 0 Å². The van der Waals surface area contributed by atoms with Crippen molar-refractivity contribution in [3.05, 3.63) is 28.8 Å². The fourth-order valence-electron chi connectivity index (χ4n) is 3.19. The molecule has 1 atom stereocenters. The summed E-state index contributed by atoms with van der Waals surface area (Å²) in [6, 6.07) is 4.81. The lowest BCUT2D eigenvalue weighted by Crippen LogP contribution is -2.37. The largest absolute Gasteiger partial charge is 0.372 e. The van der Waals surface area contributed by atoms with Crippen LogP contribution in [0.5, 0.6) is 0 Å². The van der Waals surface area contributed by atoms with Gasteiger partial charge >= 0.3 is 0 Å².